The molecule has 5 rings (SSSR count). The SMILES string of the molecule is CCCCCCCCCCCCCCCCCCN1/C(=C\C2=C([O-])C(C3=[N+](CCCCCCCCCCCCCCCCCC)c4ccc(C(=O)O)cc4C3(C)C)C2=O)C(C)(C)c2c(C(=O)O)cccc21. The fourth-order valence-electron chi connectivity index (χ4n) is 12.1. The third-order valence-electron chi connectivity index (χ3n) is 16.3. The van der Waals surface area contributed by atoms with Gasteiger partial charge >= 0.3 is 11.9 Å². The Labute approximate surface area is 430 Å². The van der Waals surface area contributed by atoms with Gasteiger partial charge in [-0.15, -0.1) is 5.76 Å². The van der Waals surface area contributed by atoms with Crippen LogP contribution in [0, 0.1) is 5.92 Å². The Morgan fingerprint density at radius 3 is 1.49 bits per heavy atom. The fourth-order valence-corrected chi connectivity index (χ4v) is 12.1. The van der Waals surface area contributed by atoms with E-state index in [0.29, 0.717) is 18.7 Å². The second kappa shape index (κ2) is 29.5. The first-order valence-electron chi connectivity index (χ1n) is 29.1. The fraction of sp³-hybridized carbons (Fsp3) is 0.683. The molecule has 1 aliphatic carbocycles. The van der Waals surface area contributed by atoms with Crippen LogP contribution in [0.15, 0.2) is 59.5 Å². The number of carbonyl (C=O) groups excluding carboxylic acids is 1. The number of carbonyl (C=O) groups is 3. The van der Waals surface area contributed by atoms with Crippen LogP contribution in [0.5, 0.6) is 0 Å². The number of anilines is 1. The zero-order valence-electron chi connectivity index (χ0n) is 45.6. The van der Waals surface area contributed by atoms with Gasteiger partial charge in [-0.1, -0.05) is 220 Å². The van der Waals surface area contributed by atoms with Crippen molar-refractivity contribution in [2.75, 3.05) is 18.0 Å². The maximum Gasteiger partial charge on any atom is 0.336 e. The minimum Gasteiger partial charge on any atom is -0.874 e. The molecular formula is C63H96N2O6. The van der Waals surface area contributed by atoms with Crippen LogP contribution in [0.3, 0.4) is 0 Å². The predicted molar refractivity (Wildman–Crippen MR) is 293 cm³/mol. The van der Waals surface area contributed by atoms with Crippen LogP contribution in [0.2, 0.25) is 0 Å². The van der Waals surface area contributed by atoms with Crippen molar-refractivity contribution in [3.8, 4) is 0 Å². The highest BCUT2D eigenvalue weighted by Crippen LogP contribution is 2.52. The summed E-state index contributed by atoms with van der Waals surface area (Å²) in [5.41, 5.74) is 3.86. The molecule has 0 saturated carbocycles. The Morgan fingerprint density at radius 2 is 1.06 bits per heavy atom. The van der Waals surface area contributed by atoms with Crippen molar-refractivity contribution < 1.29 is 34.3 Å². The average molecular weight is 977 g/mol. The van der Waals surface area contributed by atoms with Crippen LogP contribution in [0.4, 0.5) is 11.4 Å². The normalized spacial score (nSPS) is 17.4. The summed E-state index contributed by atoms with van der Waals surface area (Å²) in [6.07, 6.45) is 42.7. The van der Waals surface area contributed by atoms with E-state index in [1.807, 2.05) is 39.8 Å². The van der Waals surface area contributed by atoms with E-state index >= 15 is 0 Å². The first-order valence-corrected chi connectivity index (χ1v) is 29.1. The summed E-state index contributed by atoms with van der Waals surface area (Å²) in [6, 6.07) is 10.6. The summed E-state index contributed by atoms with van der Waals surface area (Å²) in [7, 11) is 0. The molecule has 0 radical (unpaired) electrons. The van der Waals surface area contributed by atoms with Crippen molar-refractivity contribution in [1.29, 1.82) is 0 Å². The highest BCUT2D eigenvalue weighted by molar-refractivity contribution is 6.23. The van der Waals surface area contributed by atoms with Crippen LogP contribution in [-0.4, -0.2) is 51.3 Å². The molecule has 1 unspecified atom stereocenters. The predicted octanol–water partition coefficient (Wildman–Crippen LogP) is 16.5. The van der Waals surface area contributed by atoms with Crippen molar-refractivity contribution in [3.63, 3.8) is 0 Å². The molecule has 8 heteroatoms. The van der Waals surface area contributed by atoms with Gasteiger partial charge in [0, 0.05) is 52.5 Å². The molecule has 2 aliphatic heterocycles. The number of unbranched alkanes of at least 4 members (excludes halogenated alkanes) is 30. The van der Waals surface area contributed by atoms with Crippen molar-refractivity contribution in [2.45, 2.75) is 258 Å². The van der Waals surface area contributed by atoms with E-state index < -0.39 is 28.7 Å². The molecule has 0 spiro atoms. The Morgan fingerprint density at radius 1 is 0.606 bits per heavy atom. The number of rotatable bonds is 38. The molecule has 2 aromatic rings. The lowest BCUT2D eigenvalue weighted by Crippen LogP contribution is -2.49. The standard InChI is InChI=1S/C63H96N2O6/c1-7-9-11-13-15-17-19-21-23-25-27-29-31-33-35-37-44-64-53-41-39-40-49(61(70)71)56(53)63(5,6)54(64)47-50-57(66)55(58(50)67)59-62(3,4)51-46-48(60(68)69)42-43-52(51)65(59)45-38-36-34-32-30-28-26-24-22-20-18-16-14-12-10-8-2/h39-43,46-47,55H,7-38,44-45H2,1-6H3,(H2-,66,67,68,69,70,71)/b54-47-. The van der Waals surface area contributed by atoms with Gasteiger partial charge in [-0.05, 0) is 57.0 Å². The van der Waals surface area contributed by atoms with E-state index in [1.165, 1.54) is 167 Å². The molecule has 71 heavy (non-hydrogen) atoms. The molecule has 2 N–H and O–H groups in total. The first kappa shape index (κ1) is 57.7. The van der Waals surface area contributed by atoms with Crippen LogP contribution in [-0.2, 0) is 15.6 Å². The Kier molecular flexibility index (Phi) is 24.0. The number of allylic oxidation sites excluding steroid dienone is 4. The summed E-state index contributed by atoms with van der Waals surface area (Å²) in [4.78, 5) is 41.6. The number of carboxylic acid groups (broad SMARTS) is 2. The van der Waals surface area contributed by atoms with E-state index in [2.05, 4.69) is 23.3 Å². The molecular weight excluding hydrogens is 881 g/mol. The maximum atomic E-state index is 14.7. The van der Waals surface area contributed by atoms with Gasteiger partial charge in [0.05, 0.1) is 16.5 Å². The number of benzene rings is 2. The van der Waals surface area contributed by atoms with Crippen LogP contribution in [0.25, 0.3) is 0 Å². The van der Waals surface area contributed by atoms with E-state index in [1.54, 1.807) is 30.3 Å². The van der Waals surface area contributed by atoms with Gasteiger partial charge in [0.2, 0.25) is 5.69 Å². The van der Waals surface area contributed by atoms with E-state index in [4.69, 9.17) is 0 Å². The van der Waals surface area contributed by atoms with Gasteiger partial charge in [-0.25, -0.2) is 9.59 Å². The monoisotopic (exact) mass is 977 g/mol. The van der Waals surface area contributed by atoms with E-state index in [9.17, 15) is 29.7 Å². The van der Waals surface area contributed by atoms with Gasteiger partial charge < -0.3 is 20.2 Å². The second-order valence-electron chi connectivity index (χ2n) is 22.7. The van der Waals surface area contributed by atoms with Crippen LogP contribution < -0.4 is 10.0 Å². The molecule has 8 nitrogen and oxygen atoms in total. The highest BCUT2D eigenvalue weighted by Gasteiger charge is 2.54. The topological polar surface area (TPSA) is 121 Å². The molecule has 0 aromatic heterocycles. The third kappa shape index (κ3) is 15.7. The minimum atomic E-state index is -1.00. The van der Waals surface area contributed by atoms with E-state index in [-0.39, 0.29) is 28.2 Å². The zero-order valence-corrected chi connectivity index (χ0v) is 45.6. The molecule has 0 fully saturated rings. The smallest absolute Gasteiger partial charge is 0.336 e. The summed E-state index contributed by atoms with van der Waals surface area (Å²) in [5, 5.41) is 35.0. The summed E-state index contributed by atoms with van der Waals surface area (Å²) < 4.78 is 2.16. The second-order valence-corrected chi connectivity index (χ2v) is 22.7. The number of fused-ring (bicyclic) bond motifs is 2. The molecule has 2 aromatic carbocycles. The Bertz CT molecular complexity index is 2120. The molecule has 3 aliphatic rings. The van der Waals surface area contributed by atoms with Crippen LogP contribution in [0.1, 0.15) is 279 Å². The Balaban J connectivity index is 1.22. The average Bonchev–Trinajstić information content (AvgIpc) is 3.70. The molecule has 0 saturated heterocycles. The molecule has 394 valence electrons. The molecule has 1 atom stereocenters. The number of aromatic carboxylic acids is 2. The van der Waals surface area contributed by atoms with Gasteiger partial charge in [0.1, 0.15) is 12.5 Å². The van der Waals surface area contributed by atoms with Gasteiger partial charge in [0.25, 0.3) is 0 Å². The van der Waals surface area contributed by atoms with Crippen molar-refractivity contribution in [2.24, 2.45) is 5.92 Å². The summed E-state index contributed by atoms with van der Waals surface area (Å²) in [6.45, 7) is 13.9. The van der Waals surface area contributed by atoms with Gasteiger partial charge in [0.15, 0.2) is 11.5 Å². The third-order valence-corrected chi connectivity index (χ3v) is 16.3. The highest BCUT2D eigenvalue weighted by atomic mass is 16.4. The Hall–Kier alpha value is -4.20. The lowest BCUT2D eigenvalue weighted by molar-refractivity contribution is -0.442. The first-order chi connectivity index (χ1) is 34.3. The van der Waals surface area contributed by atoms with Crippen LogP contribution >= 0.6 is 0 Å². The molecule has 0 amide bonds. The zero-order chi connectivity index (χ0) is 51.2. The van der Waals surface area contributed by atoms with Crippen molar-refractivity contribution in [1.82, 2.24) is 0 Å². The number of hydrogen-bond donors (Lipinski definition) is 2. The maximum absolute atomic E-state index is 14.7. The number of nitrogens with zero attached hydrogens (tertiary/aromatic N) is 2. The molecule has 0 bridgehead atoms. The minimum absolute atomic E-state index is 0.160. The van der Waals surface area contributed by atoms with Gasteiger partial charge in [-0.2, -0.15) is 4.58 Å². The lowest BCUT2D eigenvalue weighted by atomic mass is 9.68. The lowest BCUT2D eigenvalue weighted by Gasteiger charge is -2.38. The number of ketones is 1. The van der Waals surface area contributed by atoms with Gasteiger partial charge in [-0.3, -0.25) is 4.79 Å². The number of carboxylic acids is 2. The van der Waals surface area contributed by atoms with Crippen molar-refractivity contribution in [3.05, 3.63) is 81.8 Å². The summed E-state index contributed by atoms with van der Waals surface area (Å²) in [5.74, 6) is -3.40. The molecule has 2 heterocycles. The number of hydrogen-bond acceptors (Lipinski definition) is 5. The number of Topliss-reactive ketones (excluding diaryl/α,β-unsaturated/α-hetero) is 1. The van der Waals surface area contributed by atoms with E-state index in [0.717, 1.165) is 66.9 Å². The van der Waals surface area contributed by atoms with Crippen molar-refractivity contribution >= 4 is 34.8 Å². The quantitative estimate of drug-likeness (QED) is 0.0508. The largest absolute Gasteiger partial charge is 0.874 e. The summed E-state index contributed by atoms with van der Waals surface area (Å²) >= 11 is 0.